The fourth-order valence-corrected chi connectivity index (χ4v) is 2.50. The zero-order chi connectivity index (χ0) is 14.6. The maximum Gasteiger partial charge on any atom is 0.143 e. The monoisotopic (exact) mass is 335 g/mol. The van der Waals surface area contributed by atoms with Gasteiger partial charge in [-0.25, -0.2) is 8.78 Å². The van der Waals surface area contributed by atoms with Crippen LogP contribution in [0.2, 0.25) is 0 Å². The van der Waals surface area contributed by atoms with Crippen LogP contribution in [-0.2, 0) is 11.2 Å². The molecule has 0 bridgehead atoms. The summed E-state index contributed by atoms with van der Waals surface area (Å²) in [5.74, 6) is -1.08. The van der Waals surface area contributed by atoms with Gasteiger partial charge in [0.05, 0.1) is 10.1 Å². The zero-order valence-electron chi connectivity index (χ0n) is 11.7. The van der Waals surface area contributed by atoms with E-state index in [9.17, 15) is 8.78 Å². The van der Waals surface area contributed by atoms with Crippen molar-refractivity contribution in [2.24, 2.45) is 0 Å². The molecule has 1 N–H and O–H groups in total. The lowest BCUT2D eigenvalue weighted by Crippen LogP contribution is -2.48. The first-order valence-corrected chi connectivity index (χ1v) is 7.06. The fraction of sp³-hybridized carbons (Fsp3) is 0.571. The SMILES string of the molecule is CCOC(C)(C)C(Cc1c(F)ccc(Br)c1F)NC. The Kier molecular flexibility index (Phi) is 5.89. The summed E-state index contributed by atoms with van der Waals surface area (Å²) in [7, 11) is 1.76. The average molecular weight is 336 g/mol. The van der Waals surface area contributed by atoms with Crippen LogP contribution in [-0.4, -0.2) is 25.3 Å². The molecule has 0 spiro atoms. The van der Waals surface area contributed by atoms with E-state index in [1.165, 1.54) is 12.1 Å². The predicted octanol–water partition coefficient (Wildman–Crippen LogP) is 3.67. The molecule has 0 aliphatic heterocycles. The number of likely N-dealkylation sites (N-methyl/N-ethyl adjacent to an activating group) is 1. The first kappa shape index (κ1) is 16.5. The van der Waals surface area contributed by atoms with Gasteiger partial charge in [-0.2, -0.15) is 0 Å². The first-order valence-electron chi connectivity index (χ1n) is 6.27. The van der Waals surface area contributed by atoms with Crippen molar-refractivity contribution in [3.05, 3.63) is 33.8 Å². The number of hydrogen-bond acceptors (Lipinski definition) is 2. The summed E-state index contributed by atoms with van der Waals surface area (Å²) < 4.78 is 33.7. The lowest BCUT2D eigenvalue weighted by molar-refractivity contribution is -0.0366. The molecular formula is C14H20BrF2NO. The van der Waals surface area contributed by atoms with Gasteiger partial charge in [-0.3, -0.25) is 0 Å². The molecule has 0 saturated carbocycles. The molecule has 1 atom stereocenters. The molecular weight excluding hydrogens is 316 g/mol. The molecule has 0 radical (unpaired) electrons. The van der Waals surface area contributed by atoms with Crippen LogP contribution < -0.4 is 5.32 Å². The molecule has 108 valence electrons. The third kappa shape index (κ3) is 3.97. The summed E-state index contributed by atoms with van der Waals surface area (Å²) in [5, 5.41) is 3.08. The van der Waals surface area contributed by atoms with E-state index in [0.717, 1.165) is 0 Å². The Balaban J connectivity index is 3.03. The summed E-state index contributed by atoms with van der Waals surface area (Å²) in [6.07, 6.45) is 0.223. The van der Waals surface area contributed by atoms with Crippen molar-refractivity contribution in [2.75, 3.05) is 13.7 Å². The standard InChI is InChI=1S/C14H20BrF2NO/c1-5-19-14(2,3)12(18-4)8-9-11(16)7-6-10(15)13(9)17/h6-7,12,18H,5,8H2,1-4H3. The third-order valence-electron chi connectivity index (χ3n) is 3.25. The Hall–Kier alpha value is -0.520. The number of hydrogen-bond donors (Lipinski definition) is 1. The van der Waals surface area contributed by atoms with Crippen molar-refractivity contribution >= 4 is 15.9 Å². The molecule has 1 rings (SSSR count). The largest absolute Gasteiger partial charge is 0.374 e. The number of nitrogens with one attached hydrogen (secondary N) is 1. The van der Waals surface area contributed by atoms with Crippen LogP contribution >= 0.6 is 15.9 Å². The van der Waals surface area contributed by atoms with Gasteiger partial charge in [-0.1, -0.05) is 0 Å². The quantitative estimate of drug-likeness (QED) is 0.801. The van der Waals surface area contributed by atoms with Gasteiger partial charge >= 0.3 is 0 Å². The Labute approximate surface area is 121 Å². The van der Waals surface area contributed by atoms with Crippen molar-refractivity contribution in [3.8, 4) is 0 Å². The Morgan fingerprint density at radius 1 is 1.37 bits per heavy atom. The molecule has 2 nitrogen and oxygen atoms in total. The number of rotatable bonds is 6. The van der Waals surface area contributed by atoms with E-state index >= 15 is 0 Å². The molecule has 0 saturated heterocycles. The van der Waals surface area contributed by atoms with Crippen molar-refractivity contribution in [1.29, 1.82) is 0 Å². The first-order chi connectivity index (χ1) is 8.83. The number of halogens is 3. The van der Waals surface area contributed by atoms with Gasteiger partial charge in [-0.05, 0) is 62.3 Å². The molecule has 1 unspecified atom stereocenters. The predicted molar refractivity (Wildman–Crippen MR) is 76.3 cm³/mol. The van der Waals surface area contributed by atoms with Crippen molar-refractivity contribution in [1.82, 2.24) is 5.32 Å². The van der Waals surface area contributed by atoms with E-state index in [-0.39, 0.29) is 22.5 Å². The molecule has 0 amide bonds. The molecule has 1 aromatic carbocycles. The maximum atomic E-state index is 14.0. The minimum Gasteiger partial charge on any atom is -0.374 e. The molecule has 0 aliphatic carbocycles. The molecule has 0 heterocycles. The average Bonchev–Trinajstić information content (AvgIpc) is 2.34. The second-order valence-electron chi connectivity index (χ2n) is 4.90. The molecule has 5 heteroatoms. The highest BCUT2D eigenvalue weighted by molar-refractivity contribution is 9.10. The third-order valence-corrected chi connectivity index (χ3v) is 3.86. The Morgan fingerprint density at radius 2 is 2.00 bits per heavy atom. The van der Waals surface area contributed by atoms with Crippen LogP contribution in [0.5, 0.6) is 0 Å². The van der Waals surface area contributed by atoms with E-state index < -0.39 is 17.2 Å². The molecule has 0 fully saturated rings. The van der Waals surface area contributed by atoms with Gasteiger partial charge < -0.3 is 10.1 Å². The van der Waals surface area contributed by atoms with E-state index in [0.29, 0.717) is 6.61 Å². The number of benzene rings is 1. The van der Waals surface area contributed by atoms with Gasteiger partial charge in [0.1, 0.15) is 11.6 Å². The van der Waals surface area contributed by atoms with Gasteiger partial charge in [0, 0.05) is 18.2 Å². The van der Waals surface area contributed by atoms with Crippen molar-refractivity contribution < 1.29 is 13.5 Å². The summed E-state index contributed by atoms with van der Waals surface area (Å²) in [6, 6.07) is 2.45. The highest BCUT2D eigenvalue weighted by Crippen LogP contribution is 2.26. The number of ether oxygens (including phenoxy) is 1. The van der Waals surface area contributed by atoms with Crippen LogP contribution in [0.4, 0.5) is 8.78 Å². The van der Waals surface area contributed by atoms with E-state index in [4.69, 9.17) is 4.74 Å². The second kappa shape index (κ2) is 6.77. The maximum absolute atomic E-state index is 14.0. The van der Waals surface area contributed by atoms with E-state index in [1.807, 2.05) is 20.8 Å². The van der Waals surface area contributed by atoms with Crippen molar-refractivity contribution in [2.45, 2.75) is 38.8 Å². The molecule has 0 aliphatic rings. The Morgan fingerprint density at radius 3 is 2.53 bits per heavy atom. The highest BCUT2D eigenvalue weighted by Gasteiger charge is 2.30. The lowest BCUT2D eigenvalue weighted by Gasteiger charge is -2.34. The lowest BCUT2D eigenvalue weighted by atomic mass is 9.91. The smallest absolute Gasteiger partial charge is 0.143 e. The molecule has 0 aromatic heterocycles. The summed E-state index contributed by atoms with van der Waals surface area (Å²) in [6.45, 7) is 6.26. The minimum absolute atomic E-state index is 0.0708. The minimum atomic E-state index is -0.549. The van der Waals surface area contributed by atoms with Crippen LogP contribution in [0.3, 0.4) is 0 Å². The summed E-state index contributed by atoms with van der Waals surface area (Å²) in [4.78, 5) is 0. The highest BCUT2D eigenvalue weighted by atomic mass is 79.9. The summed E-state index contributed by atoms with van der Waals surface area (Å²) in [5.41, 5.74) is -0.438. The van der Waals surface area contributed by atoms with Gasteiger partial charge in [-0.15, -0.1) is 0 Å². The normalized spacial score (nSPS) is 13.6. The van der Waals surface area contributed by atoms with Crippen LogP contribution in [0, 0.1) is 11.6 Å². The summed E-state index contributed by atoms with van der Waals surface area (Å²) >= 11 is 3.08. The van der Waals surface area contributed by atoms with E-state index in [1.54, 1.807) is 7.05 Å². The molecule has 19 heavy (non-hydrogen) atoms. The van der Waals surface area contributed by atoms with Crippen molar-refractivity contribution in [3.63, 3.8) is 0 Å². The van der Waals surface area contributed by atoms with Gasteiger partial charge in [0.25, 0.3) is 0 Å². The zero-order valence-corrected chi connectivity index (χ0v) is 13.3. The van der Waals surface area contributed by atoms with E-state index in [2.05, 4.69) is 21.2 Å². The van der Waals surface area contributed by atoms with Crippen LogP contribution in [0.25, 0.3) is 0 Å². The Bertz CT molecular complexity index is 438. The molecule has 1 aromatic rings. The van der Waals surface area contributed by atoms with Gasteiger partial charge in [0.15, 0.2) is 0 Å². The fourth-order valence-electron chi connectivity index (χ4n) is 2.13. The van der Waals surface area contributed by atoms with Crippen LogP contribution in [0.15, 0.2) is 16.6 Å². The second-order valence-corrected chi connectivity index (χ2v) is 5.76. The van der Waals surface area contributed by atoms with Crippen LogP contribution in [0.1, 0.15) is 26.3 Å². The topological polar surface area (TPSA) is 21.3 Å². The van der Waals surface area contributed by atoms with Gasteiger partial charge in [0.2, 0.25) is 0 Å².